The van der Waals surface area contributed by atoms with Crippen molar-refractivity contribution in [2.75, 3.05) is 36.4 Å². The van der Waals surface area contributed by atoms with Crippen LogP contribution < -0.4 is 15.5 Å². The van der Waals surface area contributed by atoms with E-state index in [1.807, 2.05) is 24.4 Å². The zero-order valence-electron chi connectivity index (χ0n) is 17.4. The molecule has 3 aromatic rings. The third-order valence-electron chi connectivity index (χ3n) is 6.33. The Labute approximate surface area is 179 Å². The van der Waals surface area contributed by atoms with Crippen molar-refractivity contribution in [3.63, 3.8) is 0 Å². The molecule has 7 nitrogen and oxygen atoms in total. The van der Waals surface area contributed by atoms with Crippen molar-refractivity contribution >= 4 is 22.7 Å². The number of fused-ring (bicyclic) bond motifs is 1. The van der Waals surface area contributed by atoms with Crippen molar-refractivity contribution in [2.24, 2.45) is 0 Å². The number of rotatable bonds is 5. The van der Waals surface area contributed by atoms with Gasteiger partial charge in [-0.05, 0) is 36.5 Å². The number of anilines is 2. The normalized spacial score (nSPS) is 19.6. The van der Waals surface area contributed by atoms with E-state index in [1.54, 1.807) is 0 Å². The van der Waals surface area contributed by atoms with Crippen LogP contribution in [0.15, 0.2) is 30.7 Å². The van der Waals surface area contributed by atoms with Crippen LogP contribution >= 0.6 is 0 Å². The van der Waals surface area contributed by atoms with Crippen LogP contribution in [-0.2, 0) is 6.54 Å². The summed E-state index contributed by atoms with van der Waals surface area (Å²) < 4.78 is 27.3. The third-order valence-corrected chi connectivity index (χ3v) is 6.33. The summed E-state index contributed by atoms with van der Waals surface area (Å²) in [5, 5.41) is 7.66. The van der Waals surface area contributed by atoms with Crippen molar-refractivity contribution in [3.8, 4) is 0 Å². The van der Waals surface area contributed by atoms with Gasteiger partial charge in [-0.1, -0.05) is 6.07 Å². The fourth-order valence-electron chi connectivity index (χ4n) is 4.60. The lowest BCUT2D eigenvalue weighted by Crippen LogP contribution is -2.43. The van der Waals surface area contributed by atoms with E-state index in [9.17, 15) is 8.78 Å². The molecule has 164 valence electrons. The predicted octanol–water partition coefficient (Wildman–Crippen LogP) is 3.67. The molecule has 0 radical (unpaired) electrons. The van der Waals surface area contributed by atoms with Crippen LogP contribution in [-0.4, -0.2) is 52.0 Å². The van der Waals surface area contributed by atoms with E-state index < -0.39 is 5.92 Å². The standard InChI is InChI=1S/C22H27F2N7/c23-22(24)6-4-15(5-7-22)17-13-27-21-19(17)20(28-14-29-21)26-12-16-2-1-3-18(30-16)31-10-8-25-9-11-31/h1-3,13-15,25H,4-12H2,(H2,26,27,28,29). The first-order valence-corrected chi connectivity index (χ1v) is 10.9. The van der Waals surface area contributed by atoms with Crippen LogP contribution in [0.25, 0.3) is 11.0 Å². The van der Waals surface area contributed by atoms with Gasteiger partial charge >= 0.3 is 0 Å². The molecule has 1 aliphatic carbocycles. The summed E-state index contributed by atoms with van der Waals surface area (Å²) in [6, 6.07) is 6.07. The van der Waals surface area contributed by atoms with E-state index >= 15 is 0 Å². The number of alkyl halides is 2. The van der Waals surface area contributed by atoms with Gasteiger partial charge in [0, 0.05) is 45.2 Å². The molecule has 0 bridgehead atoms. The van der Waals surface area contributed by atoms with Gasteiger partial charge in [-0.3, -0.25) is 0 Å². The Morgan fingerprint density at radius 1 is 1.13 bits per heavy atom. The molecule has 0 atom stereocenters. The molecule has 31 heavy (non-hydrogen) atoms. The number of hydrogen-bond acceptors (Lipinski definition) is 6. The molecule has 3 aromatic heterocycles. The number of nitrogens with zero attached hydrogens (tertiary/aromatic N) is 4. The van der Waals surface area contributed by atoms with Crippen LogP contribution in [0.2, 0.25) is 0 Å². The van der Waals surface area contributed by atoms with Gasteiger partial charge in [-0.2, -0.15) is 0 Å². The monoisotopic (exact) mass is 427 g/mol. The molecule has 0 spiro atoms. The van der Waals surface area contributed by atoms with Crippen LogP contribution in [0.5, 0.6) is 0 Å². The molecule has 4 heterocycles. The minimum absolute atomic E-state index is 0.0659. The fourth-order valence-corrected chi connectivity index (χ4v) is 4.60. The smallest absolute Gasteiger partial charge is 0.248 e. The molecule has 2 aliphatic rings. The molecule has 1 aliphatic heterocycles. The maximum atomic E-state index is 13.6. The van der Waals surface area contributed by atoms with E-state index in [2.05, 4.69) is 30.5 Å². The summed E-state index contributed by atoms with van der Waals surface area (Å²) in [5.41, 5.74) is 2.68. The first kappa shape index (κ1) is 20.1. The van der Waals surface area contributed by atoms with Gasteiger partial charge in [0.05, 0.1) is 17.6 Å². The number of pyridine rings is 1. The molecule has 0 aromatic carbocycles. The Balaban J connectivity index is 1.35. The molecule has 1 saturated carbocycles. The Morgan fingerprint density at radius 3 is 2.74 bits per heavy atom. The van der Waals surface area contributed by atoms with Crippen molar-refractivity contribution in [3.05, 3.63) is 42.0 Å². The predicted molar refractivity (Wildman–Crippen MR) is 117 cm³/mol. The number of halogens is 2. The van der Waals surface area contributed by atoms with Crippen LogP contribution in [0.4, 0.5) is 20.4 Å². The van der Waals surface area contributed by atoms with Gasteiger partial charge in [0.15, 0.2) is 0 Å². The number of piperazine rings is 1. The number of aromatic amines is 1. The van der Waals surface area contributed by atoms with Gasteiger partial charge in [0.1, 0.15) is 23.6 Å². The molecule has 9 heteroatoms. The lowest BCUT2D eigenvalue weighted by atomic mass is 9.82. The second-order valence-corrected chi connectivity index (χ2v) is 8.40. The topological polar surface area (TPSA) is 81.8 Å². The summed E-state index contributed by atoms with van der Waals surface area (Å²) in [5.74, 6) is -0.748. The van der Waals surface area contributed by atoms with E-state index in [1.165, 1.54) is 6.33 Å². The first-order chi connectivity index (χ1) is 15.1. The number of hydrogen-bond donors (Lipinski definition) is 3. The van der Waals surface area contributed by atoms with Crippen molar-refractivity contribution in [1.82, 2.24) is 25.3 Å². The van der Waals surface area contributed by atoms with Gasteiger partial charge in [0.2, 0.25) is 5.92 Å². The average molecular weight is 428 g/mol. The minimum Gasteiger partial charge on any atom is -0.364 e. The second-order valence-electron chi connectivity index (χ2n) is 8.40. The zero-order chi connectivity index (χ0) is 21.3. The van der Waals surface area contributed by atoms with E-state index in [-0.39, 0.29) is 18.8 Å². The summed E-state index contributed by atoms with van der Waals surface area (Å²) in [7, 11) is 0. The highest BCUT2D eigenvalue weighted by atomic mass is 19.3. The van der Waals surface area contributed by atoms with E-state index in [0.717, 1.165) is 54.3 Å². The third kappa shape index (κ3) is 4.32. The molecule has 0 amide bonds. The average Bonchev–Trinajstić information content (AvgIpc) is 3.23. The Kier molecular flexibility index (Phi) is 5.43. The Hall–Kier alpha value is -2.81. The summed E-state index contributed by atoms with van der Waals surface area (Å²) >= 11 is 0. The zero-order valence-corrected chi connectivity index (χ0v) is 17.4. The number of aromatic nitrogens is 4. The van der Waals surface area contributed by atoms with Crippen molar-refractivity contribution in [1.29, 1.82) is 0 Å². The first-order valence-electron chi connectivity index (χ1n) is 10.9. The van der Waals surface area contributed by atoms with Crippen molar-refractivity contribution in [2.45, 2.75) is 44.1 Å². The maximum absolute atomic E-state index is 13.6. The highest BCUT2D eigenvalue weighted by molar-refractivity contribution is 5.90. The summed E-state index contributed by atoms with van der Waals surface area (Å²) in [4.78, 5) is 19.1. The van der Waals surface area contributed by atoms with Crippen LogP contribution in [0.1, 0.15) is 42.9 Å². The SMILES string of the molecule is FC1(F)CCC(c2c[nH]c3ncnc(NCc4cccc(N5CCNCC5)n4)c23)CC1. The summed E-state index contributed by atoms with van der Waals surface area (Å²) in [6.45, 7) is 4.35. The molecule has 1 saturated heterocycles. The number of nitrogens with one attached hydrogen (secondary N) is 3. The van der Waals surface area contributed by atoms with Crippen LogP contribution in [0.3, 0.4) is 0 Å². The maximum Gasteiger partial charge on any atom is 0.248 e. The lowest BCUT2D eigenvalue weighted by molar-refractivity contribution is -0.0381. The molecular weight excluding hydrogens is 400 g/mol. The van der Waals surface area contributed by atoms with Gasteiger partial charge in [-0.25, -0.2) is 23.7 Å². The molecule has 5 rings (SSSR count). The lowest BCUT2D eigenvalue weighted by Gasteiger charge is -2.28. The summed E-state index contributed by atoms with van der Waals surface area (Å²) in [6.07, 6.45) is 4.24. The van der Waals surface area contributed by atoms with Gasteiger partial charge < -0.3 is 20.5 Å². The molecular formula is C22H27F2N7. The largest absolute Gasteiger partial charge is 0.364 e. The minimum atomic E-state index is -2.54. The molecule has 0 unspecified atom stereocenters. The number of H-pyrrole nitrogens is 1. The second kappa shape index (κ2) is 8.37. The van der Waals surface area contributed by atoms with Gasteiger partial charge in [0.25, 0.3) is 0 Å². The van der Waals surface area contributed by atoms with Crippen LogP contribution in [0, 0.1) is 0 Å². The molecule has 3 N–H and O–H groups in total. The quantitative estimate of drug-likeness (QED) is 0.577. The highest BCUT2D eigenvalue weighted by Crippen LogP contribution is 2.43. The van der Waals surface area contributed by atoms with Crippen molar-refractivity contribution < 1.29 is 8.78 Å². The van der Waals surface area contributed by atoms with E-state index in [4.69, 9.17) is 4.98 Å². The Bertz CT molecular complexity index is 1040. The van der Waals surface area contributed by atoms with E-state index in [0.29, 0.717) is 25.2 Å². The van der Waals surface area contributed by atoms with Gasteiger partial charge in [-0.15, -0.1) is 0 Å². The fraction of sp³-hybridized carbons (Fsp3) is 0.500. The molecule has 2 fully saturated rings. The highest BCUT2D eigenvalue weighted by Gasteiger charge is 2.36. The Morgan fingerprint density at radius 2 is 1.94 bits per heavy atom.